The van der Waals surface area contributed by atoms with E-state index in [1.807, 2.05) is 29.2 Å². The van der Waals surface area contributed by atoms with Crippen molar-refractivity contribution in [1.29, 1.82) is 0 Å². The van der Waals surface area contributed by atoms with Crippen LogP contribution < -0.4 is 4.90 Å². The molecule has 4 rings (SSSR count). The fourth-order valence-corrected chi connectivity index (χ4v) is 6.00. The van der Waals surface area contributed by atoms with Crippen LogP contribution in [0.15, 0.2) is 36.4 Å². The van der Waals surface area contributed by atoms with E-state index in [2.05, 4.69) is 46.8 Å². The second kappa shape index (κ2) is 6.35. The Morgan fingerprint density at radius 2 is 1.93 bits per heavy atom. The molecule has 0 spiro atoms. The van der Waals surface area contributed by atoms with E-state index in [0.29, 0.717) is 15.8 Å². The van der Waals surface area contributed by atoms with Gasteiger partial charge >= 0.3 is 0 Å². The molecule has 3 aromatic rings. The molecule has 0 fully saturated rings. The van der Waals surface area contributed by atoms with Crippen LogP contribution >= 0.6 is 22.9 Å². The predicted molar refractivity (Wildman–Crippen MR) is 117 cm³/mol. The van der Waals surface area contributed by atoms with E-state index in [-0.39, 0.29) is 11.4 Å². The minimum absolute atomic E-state index is 0.00584. The Bertz CT molecular complexity index is 1070. The lowest BCUT2D eigenvalue weighted by molar-refractivity contribution is 0.0957. The van der Waals surface area contributed by atoms with Crippen LogP contribution in [0.1, 0.15) is 59.5 Å². The first kappa shape index (κ1) is 18.5. The molecule has 1 aliphatic heterocycles. The van der Waals surface area contributed by atoms with Gasteiger partial charge in [0.15, 0.2) is 0 Å². The summed E-state index contributed by atoms with van der Waals surface area (Å²) in [5, 5.41) is 1.53. The highest BCUT2D eigenvalue weighted by Crippen LogP contribution is 2.47. The first-order valence-electron chi connectivity index (χ1n) is 9.33. The Morgan fingerprint density at radius 1 is 1.22 bits per heavy atom. The summed E-state index contributed by atoms with van der Waals surface area (Å²) in [4.78, 5) is 16.4. The number of rotatable bonds is 1. The van der Waals surface area contributed by atoms with E-state index in [9.17, 15) is 4.79 Å². The molecule has 1 aliphatic rings. The van der Waals surface area contributed by atoms with Crippen LogP contribution in [0.2, 0.25) is 5.02 Å². The molecule has 2 aromatic carbocycles. The average molecular weight is 398 g/mol. The minimum atomic E-state index is -0.275. The molecule has 1 amide bonds. The number of amides is 1. The van der Waals surface area contributed by atoms with Gasteiger partial charge in [-0.3, -0.25) is 4.79 Å². The van der Waals surface area contributed by atoms with E-state index in [1.54, 1.807) is 0 Å². The maximum absolute atomic E-state index is 13.8. The lowest BCUT2D eigenvalue weighted by Crippen LogP contribution is -2.52. The van der Waals surface area contributed by atoms with Crippen LogP contribution in [0.4, 0.5) is 5.69 Å². The van der Waals surface area contributed by atoms with Crippen molar-refractivity contribution in [1.82, 2.24) is 0 Å². The third-order valence-corrected chi connectivity index (χ3v) is 7.24. The Balaban J connectivity index is 1.93. The Kier molecular flexibility index (Phi) is 4.36. The number of hydrogen-bond donors (Lipinski definition) is 0. The third kappa shape index (κ3) is 2.88. The van der Waals surface area contributed by atoms with Gasteiger partial charge < -0.3 is 4.90 Å². The molecule has 1 aromatic heterocycles. The van der Waals surface area contributed by atoms with Gasteiger partial charge in [0.05, 0.1) is 10.7 Å². The SMILES string of the molecule is Cc1cc(C)c2c(c1)C(C)CC(C)(C)N2C(=O)c1sc2ccccc2c1Cl. The second-order valence-electron chi connectivity index (χ2n) is 8.32. The first-order chi connectivity index (χ1) is 12.7. The summed E-state index contributed by atoms with van der Waals surface area (Å²) in [7, 11) is 0. The zero-order valence-electron chi connectivity index (χ0n) is 16.4. The number of benzene rings is 2. The van der Waals surface area contributed by atoms with Crippen LogP contribution in [0.3, 0.4) is 0 Å². The summed E-state index contributed by atoms with van der Waals surface area (Å²) >= 11 is 8.14. The summed E-state index contributed by atoms with van der Waals surface area (Å²) < 4.78 is 1.05. The zero-order chi connectivity index (χ0) is 19.5. The molecule has 0 saturated heterocycles. The Labute approximate surface area is 169 Å². The number of carbonyl (C=O) groups is 1. The van der Waals surface area contributed by atoms with Gasteiger partial charge in [0.2, 0.25) is 0 Å². The molecule has 0 bridgehead atoms. The van der Waals surface area contributed by atoms with Gasteiger partial charge in [-0.15, -0.1) is 11.3 Å². The molecule has 1 atom stereocenters. The molecule has 0 radical (unpaired) electrons. The summed E-state index contributed by atoms with van der Waals surface area (Å²) in [6, 6.07) is 12.3. The predicted octanol–water partition coefficient (Wildman–Crippen LogP) is 7.10. The number of anilines is 1. The number of aryl methyl sites for hydroxylation is 2. The van der Waals surface area contributed by atoms with Gasteiger partial charge in [-0.05, 0) is 57.2 Å². The van der Waals surface area contributed by atoms with Crippen LogP contribution in [0.5, 0.6) is 0 Å². The lowest BCUT2D eigenvalue weighted by atomic mass is 9.78. The van der Waals surface area contributed by atoms with Crippen molar-refractivity contribution in [3.63, 3.8) is 0 Å². The largest absolute Gasteiger partial charge is 0.301 e. The van der Waals surface area contributed by atoms with Gasteiger partial charge in [0.25, 0.3) is 5.91 Å². The molecule has 140 valence electrons. The number of hydrogen-bond acceptors (Lipinski definition) is 2. The number of fused-ring (bicyclic) bond motifs is 2. The van der Waals surface area contributed by atoms with E-state index in [4.69, 9.17) is 11.6 Å². The van der Waals surface area contributed by atoms with E-state index >= 15 is 0 Å². The molecule has 1 unspecified atom stereocenters. The van der Waals surface area contributed by atoms with Gasteiger partial charge in [-0.2, -0.15) is 0 Å². The summed E-state index contributed by atoms with van der Waals surface area (Å²) in [6.07, 6.45) is 0.928. The zero-order valence-corrected chi connectivity index (χ0v) is 18.0. The number of thiophene rings is 1. The second-order valence-corrected chi connectivity index (χ2v) is 9.75. The molecule has 0 saturated carbocycles. The highest BCUT2D eigenvalue weighted by Gasteiger charge is 2.42. The maximum atomic E-state index is 13.8. The smallest absolute Gasteiger partial charge is 0.270 e. The fourth-order valence-electron chi connectivity index (χ4n) is 4.56. The summed E-state index contributed by atoms with van der Waals surface area (Å²) in [5.74, 6) is 0.418. The summed E-state index contributed by atoms with van der Waals surface area (Å²) in [5.41, 5.74) is 4.43. The molecular formula is C23H24ClNOS. The van der Waals surface area contributed by atoms with Crippen LogP contribution in [0, 0.1) is 13.8 Å². The number of halogens is 1. The number of nitrogens with zero attached hydrogens (tertiary/aromatic N) is 1. The van der Waals surface area contributed by atoms with E-state index < -0.39 is 0 Å². The molecule has 0 N–H and O–H groups in total. The molecule has 2 heterocycles. The first-order valence-corrected chi connectivity index (χ1v) is 10.5. The topological polar surface area (TPSA) is 20.3 Å². The van der Waals surface area contributed by atoms with Crippen molar-refractivity contribution in [3.8, 4) is 0 Å². The van der Waals surface area contributed by atoms with Gasteiger partial charge in [0, 0.05) is 15.6 Å². The molecule has 2 nitrogen and oxygen atoms in total. The molecule has 4 heteroatoms. The van der Waals surface area contributed by atoms with Crippen molar-refractivity contribution in [2.75, 3.05) is 4.90 Å². The highest BCUT2D eigenvalue weighted by atomic mass is 35.5. The van der Waals surface area contributed by atoms with Crippen molar-refractivity contribution >= 4 is 44.6 Å². The normalized spacial score (nSPS) is 18.6. The third-order valence-electron chi connectivity index (χ3n) is 5.57. The van der Waals surface area contributed by atoms with Crippen molar-refractivity contribution in [2.24, 2.45) is 0 Å². The number of carbonyl (C=O) groups excluding carboxylic acids is 1. The summed E-state index contributed by atoms with van der Waals surface area (Å²) in [6.45, 7) is 10.8. The van der Waals surface area contributed by atoms with Crippen molar-refractivity contribution in [2.45, 2.75) is 52.5 Å². The van der Waals surface area contributed by atoms with Crippen molar-refractivity contribution in [3.05, 3.63) is 63.0 Å². The van der Waals surface area contributed by atoms with Crippen LogP contribution in [-0.2, 0) is 0 Å². The quantitative estimate of drug-likeness (QED) is 0.428. The molecule has 0 aliphatic carbocycles. The van der Waals surface area contributed by atoms with Crippen molar-refractivity contribution < 1.29 is 4.79 Å². The van der Waals surface area contributed by atoms with Gasteiger partial charge in [-0.25, -0.2) is 0 Å². The van der Waals surface area contributed by atoms with Crippen LogP contribution in [-0.4, -0.2) is 11.4 Å². The highest BCUT2D eigenvalue weighted by molar-refractivity contribution is 7.21. The average Bonchev–Trinajstić information content (AvgIpc) is 2.92. The molecule has 27 heavy (non-hydrogen) atoms. The maximum Gasteiger partial charge on any atom is 0.270 e. The van der Waals surface area contributed by atoms with E-state index in [0.717, 1.165) is 27.8 Å². The van der Waals surface area contributed by atoms with Gasteiger partial charge in [0.1, 0.15) is 4.88 Å². The Hall–Kier alpha value is -1.84. The standard InChI is InChI=1S/C23H24ClNOS/c1-13-10-14(2)20-17(11-13)15(3)12-23(4,5)25(20)22(26)21-19(24)16-8-6-7-9-18(16)27-21/h6-11,15H,12H2,1-5H3. The molecular weight excluding hydrogens is 374 g/mol. The Morgan fingerprint density at radius 3 is 2.63 bits per heavy atom. The lowest BCUT2D eigenvalue weighted by Gasteiger charge is -2.46. The fraction of sp³-hybridized carbons (Fsp3) is 0.348. The van der Waals surface area contributed by atoms with E-state index in [1.165, 1.54) is 22.5 Å². The monoisotopic (exact) mass is 397 g/mol. The van der Waals surface area contributed by atoms with Gasteiger partial charge in [-0.1, -0.05) is 54.4 Å². The van der Waals surface area contributed by atoms with Crippen LogP contribution in [0.25, 0.3) is 10.1 Å². The minimum Gasteiger partial charge on any atom is -0.301 e.